The van der Waals surface area contributed by atoms with Crippen molar-refractivity contribution < 1.29 is 37.5 Å². The number of nitrogens with zero attached hydrogens (tertiary/aromatic N) is 5. The molecule has 13 nitrogen and oxygen atoms in total. The fourth-order valence-electron chi connectivity index (χ4n) is 10.3. The van der Waals surface area contributed by atoms with E-state index in [1.54, 1.807) is 23.1 Å². The van der Waals surface area contributed by atoms with Gasteiger partial charge in [0.05, 0.1) is 21.7 Å². The molecule has 0 radical (unpaired) electrons. The number of rotatable bonds is 8. The van der Waals surface area contributed by atoms with Crippen LogP contribution in [0.3, 0.4) is 0 Å². The molecule has 1 unspecified atom stereocenters. The van der Waals surface area contributed by atoms with Gasteiger partial charge in [0.1, 0.15) is 35.5 Å². The Morgan fingerprint density at radius 1 is 0.883 bits per heavy atom. The predicted octanol–water partition coefficient (Wildman–Crippen LogP) is 5.29. The molecular formula is C44H46ClF2N7O6. The van der Waals surface area contributed by atoms with Crippen molar-refractivity contribution in [2.24, 2.45) is 10.8 Å². The highest BCUT2D eigenvalue weighted by atomic mass is 35.5. The van der Waals surface area contributed by atoms with E-state index in [1.165, 1.54) is 0 Å². The number of hydrogen-bond acceptors (Lipinski definition) is 10. The minimum atomic E-state index is -1.28. The number of imide groups is 2. The third-order valence-electron chi connectivity index (χ3n) is 13.1. The van der Waals surface area contributed by atoms with Crippen LogP contribution in [0.25, 0.3) is 0 Å². The largest absolute Gasteiger partial charge is 0.489 e. The first-order valence-electron chi connectivity index (χ1n) is 20.3. The molecule has 5 aliphatic rings. The SMILES string of the molecule is CC1(C)C(NC(=O)c2ccc(N3CCN(C4CCN(c5c(F)cc6c(c5F)C(=O)N(C5CCC(=O)NC5=O)C6=O)CC4)CC3)cc2)C(C)(C)C1Oc1ccc(C#N)c(Cl)c1. The Balaban J connectivity index is 0.834. The third-order valence-corrected chi connectivity index (χ3v) is 13.4. The van der Waals surface area contributed by atoms with Crippen LogP contribution in [0.5, 0.6) is 5.75 Å². The maximum atomic E-state index is 16.0. The topological polar surface area (TPSA) is 155 Å². The molecule has 3 saturated heterocycles. The van der Waals surface area contributed by atoms with Gasteiger partial charge in [-0.05, 0) is 61.7 Å². The van der Waals surface area contributed by atoms with Crippen molar-refractivity contribution in [2.45, 2.75) is 77.6 Å². The average molecular weight is 842 g/mol. The highest BCUT2D eigenvalue weighted by Crippen LogP contribution is 2.55. The fraction of sp³-hybridized carbons (Fsp3) is 0.455. The van der Waals surface area contributed by atoms with Crippen molar-refractivity contribution in [1.82, 2.24) is 20.4 Å². The molecule has 1 aliphatic carbocycles. The summed E-state index contributed by atoms with van der Waals surface area (Å²) in [6, 6.07) is 14.3. The summed E-state index contributed by atoms with van der Waals surface area (Å²) in [6.07, 6.45) is 0.893. The molecule has 1 saturated carbocycles. The lowest BCUT2D eigenvalue weighted by Gasteiger charge is -2.63. The minimum Gasteiger partial charge on any atom is -0.489 e. The van der Waals surface area contributed by atoms with Crippen LogP contribution >= 0.6 is 11.6 Å². The normalized spacial score (nSPS) is 24.1. The number of anilines is 2. The van der Waals surface area contributed by atoms with Gasteiger partial charge in [0.15, 0.2) is 5.82 Å². The number of nitriles is 1. The molecule has 8 rings (SSSR count). The van der Waals surface area contributed by atoms with E-state index in [0.29, 0.717) is 52.7 Å². The Morgan fingerprint density at radius 3 is 2.17 bits per heavy atom. The van der Waals surface area contributed by atoms with Gasteiger partial charge in [-0.15, -0.1) is 0 Å². The molecule has 0 spiro atoms. The minimum absolute atomic E-state index is 0.0819. The Bertz CT molecular complexity index is 2320. The standard InChI is InChI=1S/C44H46ClF2N7O6/c1-43(2)41(44(3,4)42(43)60-28-10-7-25(23-48)30(45)21-28)50-37(56)24-5-8-26(9-6-24)51-17-19-52(20-18-51)27-13-15-53(16-14-27)36-31(46)22-29-34(35(36)47)40(59)54(39(29)58)32-11-12-33(55)49-38(32)57/h5-10,21-22,27,32,41-42H,11-20H2,1-4H3,(H,50,56)(H,49,55,57). The summed E-state index contributed by atoms with van der Waals surface area (Å²) >= 11 is 6.24. The second kappa shape index (κ2) is 15.5. The molecule has 314 valence electrons. The van der Waals surface area contributed by atoms with Crippen molar-refractivity contribution in [1.29, 1.82) is 5.26 Å². The quantitative estimate of drug-likeness (QED) is 0.286. The molecule has 3 aromatic carbocycles. The van der Waals surface area contributed by atoms with E-state index in [0.717, 1.165) is 37.9 Å². The summed E-state index contributed by atoms with van der Waals surface area (Å²) in [5.41, 5.74) is -0.184. The number of fused-ring (bicyclic) bond motifs is 1. The van der Waals surface area contributed by atoms with Crippen LogP contribution < -0.4 is 25.2 Å². The van der Waals surface area contributed by atoms with E-state index in [9.17, 15) is 29.2 Å². The van der Waals surface area contributed by atoms with Gasteiger partial charge in [0.2, 0.25) is 11.8 Å². The first kappa shape index (κ1) is 41.2. The molecule has 4 heterocycles. The average Bonchev–Trinajstić information content (AvgIpc) is 3.47. The van der Waals surface area contributed by atoms with E-state index in [2.05, 4.69) is 54.2 Å². The number of benzene rings is 3. The lowest BCUT2D eigenvalue weighted by Crippen LogP contribution is -2.74. The molecule has 1 atom stereocenters. The van der Waals surface area contributed by atoms with Gasteiger partial charge in [0.25, 0.3) is 17.7 Å². The number of hydrogen-bond donors (Lipinski definition) is 2. The number of nitrogens with one attached hydrogen (secondary N) is 2. The Labute approximate surface area is 351 Å². The molecule has 0 bridgehead atoms. The molecule has 2 N–H and O–H groups in total. The molecule has 4 aliphatic heterocycles. The smallest absolute Gasteiger partial charge is 0.265 e. The summed E-state index contributed by atoms with van der Waals surface area (Å²) in [4.78, 5) is 70.9. The van der Waals surface area contributed by atoms with Crippen molar-refractivity contribution in [3.8, 4) is 11.8 Å². The van der Waals surface area contributed by atoms with Gasteiger partial charge < -0.3 is 19.9 Å². The zero-order chi connectivity index (χ0) is 42.8. The number of ether oxygens (including phenoxy) is 1. The molecule has 0 aromatic heterocycles. The summed E-state index contributed by atoms with van der Waals surface area (Å²) < 4.78 is 37.9. The monoisotopic (exact) mass is 841 g/mol. The Hall–Kier alpha value is -5.59. The van der Waals surface area contributed by atoms with E-state index in [1.807, 2.05) is 24.3 Å². The predicted molar refractivity (Wildman–Crippen MR) is 218 cm³/mol. The van der Waals surface area contributed by atoms with Crippen LogP contribution in [0.2, 0.25) is 5.02 Å². The molecule has 5 amide bonds. The van der Waals surface area contributed by atoms with E-state index in [4.69, 9.17) is 16.3 Å². The number of amides is 5. The zero-order valence-electron chi connectivity index (χ0n) is 33.8. The van der Waals surface area contributed by atoms with Gasteiger partial charge in [-0.3, -0.25) is 39.1 Å². The summed E-state index contributed by atoms with van der Waals surface area (Å²) in [5, 5.41) is 14.9. The van der Waals surface area contributed by atoms with Crippen LogP contribution in [0.4, 0.5) is 20.2 Å². The van der Waals surface area contributed by atoms with Crippen molar-refractivity contribution >= 4 is 52.5 Å². The van der Waals surface area contributed by atoms with Gasteiger partial charge in [0, 0.05) is 85.9 Å². The summed E-state index contributed by atoms with van der Waals surface area (Å²) in [6.45, 7) is 12.0. The van der Waals surface area contributed by atoms with Crippen LogP contribution in [-0.4, -0.2) is 103 Å². The molecule has 60 heavy (non-hydrogen) atoms. The van der Waals surface area contributed by atoms with Crippen molar-refractivity contribution in [3.63, 3.8) is 0 Å². The van der Waals surface area contributed by atoms with Gasteiger partial charge in [-0.1, -0.05) is 39.3 Å². The lowest BCUT2D eigenvalue weighted by molar-refractivity contribution is -0.164. The van der Waals surface area contributed by atoms with Crippen LogP contribution in [-0.2, 0) is 9.59 Å². The van der Waals surface area contributed by atoms with Gasteiger partial charge in [-0.25, -0.2) is 8.78 Å². The molecule has 4 fully saturated rings. The lowest BCUT2D eigenvalue weighted by atomic mass is 9.49. The molecule has 3 aromatic rings. The van der Waals surface area contributed by atoms with Crippen LogP contribution in [0.1, 0.15) is 90.0 Å². The highest BCUT2D eigenvalue weighted by molar-refractivity contribution is 6.31. The van der Waals surface area contributed by atoms with Gasteiger partial charge in [-0.2, -0.15) is 5.26 Å². The first-order valence-corrected chi connectivity index (χ1v) is 20.6. The second-order valence-electron chi connectivity index (χ2n) is 17.5. The molecule has 16 heteroatoms. The summed E-state index contributed by atoms with van der Waals surface area (Å²) in [5.74, 6) is -4.98. The summed E-state index contributed by atoms with van der Waals surface area (Å²) in [7, 11) is 0. The first-order chi connectivity index (χ1) is 28.5. The molecular weight excluding hydrogens is 796 g/mol. The second-order valence-corrected chi connectivity index (χ2v) is 17.9. The maximum absolute atomic E-state index is 16.0. The van der Waals surface area contributed by atoms with Crippen LogP contribution in [0, 0.1) is 33.8 Å². The van der Waals surface area contributed by atoms with Crippen LogP contribution in [0.15, 0.2) is 48.5 Å². The zero-order valence-corrected chi connectivity index (χ0v) is 34.6. The highest BCUT2D eigenvalue weighted by Gasteiger charge is 2.64. The number of halogens is 3. The Morgan fingerprint density at radius 2 is 1.55 bits per heavy atom. The van der Waals surface area contributed by atoms with Crippen molar-refractivity contribution in [3.05, 3.63) is 87.4 Å². The van der Waals surface area contributed by atoms with E-state index in [-0.39, 0.29) is 42.6 Å². The van der Waals surface area contributed by atoms with Gasteiger partial charge >= 0.3 is 0 Å². The number of carbonyl (C=O) groups is 5. The fourth-order valence-corrected chi connectivity index (χ4v) is 10.5. The maximum Gasteiger partial charge on any atom is 0.265 e. The third kappa shape index (κ3) is 7.03. The Kier molecular flexibility index (Phi) is 10.6. The van der Waals surface area contributed by atoms with E-state index < -0.39 is 63.3 Å². The van der Waals surface area contributed by atoms with Crippen molar-refractivity contribution in [2.75, 3.05) is 49.1 Å². The number of piperazine rings is 1. The number of piperidine rings is 2. The van der Waals surface area contributed by atoms with E-state index >= 15 is 8.78 Å². The number of carbonyl (C=O) groups excluding carboxylic acids is 5.